The van der Waals surface area contributed by atoms with Crippen molar-refractivity contribution in [3.8, 4) is 0 Å². The number of halogens is 2. The van der Waals surface area contributed by atoms with Crippen LogP contribution in [0.1, 0.15) is 12.8 Å². The van der Waals surface area contributed by atoms with E-state index in [1.807, 2.05) is 0 Å². The number of anilines is 2. The van der Waals surface area contributed by atoms with Gasteiger partial charge in [0.05, 0.1) is 0 Å². The molecule has 1 aromatic rings. The summed E-state index contributed by atoms with van der Waals surface area (Å²) in [5, 5.41) is 2.84. The van der Waals surface area contributed by atoms with Crippen molar-refractivity contribution in [2.75, 3.05) is 10.7 Å². The molecule has 2 rings (SSSR count). The van der Waals surface area contributed by atoms with Crippen LogP contribution in [0, 0.1) is 11.6 Å². The van der Waals surface area contributed by atoms with Gasteiger partial charge in [0, 0.05) is 12.1 Å². The van der Waals surface area contributed by atoms with Crippen LogP contribution in [0.5, 0.6) is 0 Å². The molecule has 14 heavy (non-hydrogen) atoms. The molecule has 0 aromatic carbocycles. The van der Waals surface area contributed by atoms with E-state index >= 15 is 0 Å². The van der Waals surface area contributed by atoms with E-state index in [-0.39, 0.29) is 17.7 Å². The van der Waals surface area contributed by atoms with Crippen LogP contribution in [0.2, 0.25) is 0 Å². The molecule has 0 spiro atoms. The first kappa shape index (κ1) is 9.14. The molecule has 0 bridgehead atoms. The number of nitrogen functional groups attached to an aromatic ring is 1. The van der Waals surface area contributed by atoms with Gasteiger partial charge in [-0.05, 0) is 12.8 Å². The van der Waals surface area contributed by atoms with E-state index in [0.29, 0.717) is 0 Å². The fourth-order valence-electron chi connectivity index (χ4n) is 1.09. The molecule has 0 atom stereocenters. The number of nitrogens with zero attached hydrogens (tertiary/aromatic N) is 1. The molecule has 1 aliphatic carbocycles. The zero-order chi connectivity index (χ0) is 10.1. The fraction of sp³-hybridized carbons (Fsp3) is 0.375. The van der Waals surface area contributed by atoms with E-state index in [2.05, 4.69) is 15.7 Å². The van der Waals surface area contributed by atoms with Crippen LogP contribution < -0.4 is 16.6 Å². The summed E-state index contributed by atoms with van der Waals surface area (Å²) in [7, 11) is 0. The van der Waals surface area contributed by atoms with E-state index < -0.39 is 11.6 Å². The molecular formula is C8H10F2N4. The quantitative estimate of drug-likeness (QED) is 0.507. The van der Waals surface area contributed by atoms with Crippen molar-refractivity contribution in [1.29, 1.82) is 0 Å². The summed E-state index contributed by atoms with van der Waals surface area (Å²) in [5.74, 6) is 3.40. The van der Waals surface area contributed by atoms with Crippen LogP contribution in [0.15, 0.2) is 6.07 Å². The van der Waals surface area contributed by atoms with Gasteiger partial charge in [-0.2, -0.15) is 0 Å². The number of nitrogens with one attached hydrogen (secondary N) is 2. The lowest BCUT2D eigenvalue weighted by Crippen LogP contribution is -2.13. The second kappa shape index (κ2) is 3.38. The molecule has 1 fully saturated rings. The largest absolute Gasteiger partial charge is 0.365 e. The summed E-state index contributed by atoms with van der Waals surface area (Å²) in [4.78, 5) is 3.67. The molecule has 76 valence electrons. The number of nitrogens with two attached hydrogens (primary N) is 1. The molecule has 0 aliphatic heterocycles. The zero-order valence-electron chi connectivity index (χ0n) is 7.35. The number of hydrazine groups is 1. The minimum Gasteiger partial charge on any atom is -0.365 e. The second-order valence-corrected chi connectivity index (χ2v) is 3.21. The number of hydrogen-bond donors (Lipinski definition) is 3. The summed E-state index contributed by atoms with van der Waals surface area (Å²) in [6.45, 7) is 0. The third-order valence-electron chi connectivity index (χ3n) is 1.98. The van der Waals surface area contributed by atoms with Gasteiger partial charge in [0.25, 0.3) is 0 Å². The Kier molecular flexibility index (Phi) is 2.20. The Balaban J connectivity index is 2.27. The van der Waals surface area contributed by atoms with Gasteiger partial charge in [0.15, 0.2) is 23.3 Å². The Morgan fingerprint density at radius 2 is 1.93 bits per heavy atom. The minimum atomic E-state index is -0.800. The van der Waals surface area contributed by atoms with Crippen molar-refractivity contribution in [2.24, 2.45) is 5.84 Å². The van der Waals surface area contributed by atoms with Gasteiger partial charge in [0.2, 0.25) is 0 Å². The average Bonchev–Trinajstić information content (AvgIpc) is 2.93. The summed E-state index contributed by atoms with van der Waals surface area (Å²) < 4.78 is 26.0. The molecule has 0 saturated heterocycles. The molecule has 1 aliphatic rings. The highest BCUT2D eigenvalue weighted by Gasteiger charge is 2.23. The highest BCUT2D eigenvalue weighted by atomic mass is 19.1. The molecule has 4 N–H and O–H groups in total. The first-order valence-electron chi connectivity index (χ1n) is 4.30. The predicted octanol–water partition coefficient (Wildman–Crippen LogP) is 1.22. The van der Waals surface area contributed by atoms with E-state index in [1.54, 1.807) is 0 Å². The second-order valence-electron chi connectivity index (χ2n) is 3.21. The van der Waals surface area contributed by atoms with Crippen molar-refractivity contribution < 1.29 is 8.78 Å². The van der Waals surface area contributed by atoms with Crippen LogP contribution in [0.4, 0.5) is 20.4 Å². The van der Waals surface area contributed by atoms with Crippen molar-refractivity contribution in [3.63, 3.8) is 0 Å². The van der Waals surface area contributed by atoms with Crippen molar-refractivity contribution in [1.82, 2.24) is 4.98 Å². The first-order chi connectivity index (χ1) is 6.70. The highest BCUT2D eigenvalue weighted by Crippen LogP contribution is 2.26. The Labute approximate surface area is 79.5 Å². The standard InChI is InChI=1S/C8H10F2N4/c9-5-3-6(10)8(14-11)13-7(5)12-4-1-2-4/h3-4H,1-2,11H2,(H2,12,13,14). The first-order valence-corrected chi connectivity index (χ1v) is 4.30. The van der Waals surface area contributed by atoms with Crippen LogP contribution in [-0.4, -0.2) is 11.0 Å². The van der Waals surface area contributed by atoms with Crippen LogP contribution in [-0.2, 0) is 0 Å². The van der Waals surface area contributed by atoms with Gasteiger partial charge in [-0.15, -0.1) is 0 Å². The third kappa shape index (κ3) is 1.74. The third-order valence-corrected chi connectivity index (χ3v) is 1.98. The average molecular weight is 200 g/mol. The zero-order valence-corrected chi connectivity index (χ0v) is 7.35. The summed E-state index contributed by atoms with van der Waals surface area (Å²) >= 11 is 0. The van der Waals surface area contributed by atoms with Crippen molar-refractivity contribution in [2.45, 2.75) is 18.9 Å². The smallest absolute Gasteiger partial charge is 0.178 e. The van der Waals surface area contributed by atoms with Crippen LogP contribution in [0.3, 0.4) is 0 Å². The highest BCUT2D eigenvalue weighted by molar-refractivity contribution is 5.47. The maximum absolute atomic E-state index is 13.1. The molecule has 1 saturated carbocycles. The minimum absolute atomic E-state index is 0.0434. The molecule has 1 aromatic heterocycles. The molecule has 0 radical (unpaired) electrons. The molecule has 1 heterocycles. The Morgan fingerprint density at radius 3 is 2.50 bits per heavy atom. The maximum Gasteiger partial charge on any atom is 0.178 e. The molecular weight excluding hydrogens is 190 g/mol. The van der Waals surface area contributed by atoms with Gasteiger partial charge in [-0.3, -0.25) is 0 Å². The number of rotatable bonds is 3. The van der Waals surface area contributed by atoms with E-state index in [4.69, 9.17) is 5.84 Å². The van der Waals surface area contributed by atoms with Gasteiger partial charge >= 0.3 is 0 Å². The monoisotopic (exact) mass is 200 g/mol. The molecule has 0 amide bonds. The van der Waals surface area contributed by atoms with E-state index in [9.17, 15) is 8.78 Å². The summed E-state index contributed by atoms with van der Waals surface area (Å²) in [5.41, 5.74) is 2.06. The normalized spacial score (nSPS) is 15.4. The van der Waals surface area contributed by atoms with E-state index in [0.717, 1.165) is 18.9 Å². The lowest BCUT2D eigenvalue weighted by atomic mass is 10.4. The topological polar surface area (TPSA) is 63.0 Å². The van der Waals surface area contributed by atoms with Gasteiger partial charge in [-0.1, -0.05) is 0 Å². The number of pyridine rings is 1. The van der Waals surface area contributed by atoms with Crippen molar-refractivity contribution in [3.05, 3.63) is 17.7 Å². The van der Waals surface area contributed by atoms with Crippen LogP contribution >= 0.6 is 0 Å². The summed E-state index contributed by atoms with van der Waals surface area (Å²) in [6, 6.07) is 1.01. The Hall–Kier alpha value is -1.43. The van der Waals surface area contributed by atoms with Gasteiger partial charge in [-0.25, -0.2) is 19.6 Å². The van der Waals surface area contributed by atoms with Gasteiger partial charge < -0.3 is 10.7 Å². The fourth-order valence-corrected chi connectivity index (χ4v) is 1.09. The maximum atomic E-state index is 13.1. The Morgan fingerprint density at radius 1 is 1.29 bits per heavy atom. The molecule has 4 nitrogen and oxygen atoms in total. The summed E-state index contributed by atoms with van der Waals surface area (Å²) in [6.07, 6.45) is 1.98. The lowest BCUT2D eigenvalue weighted by molar-refractivity contribution is 0.578. The molecule has 0 unspecified atom stereocenters. The van der Waals surface area contributed by atoms with Crippen LogP contribution in [0.25, 0.3) is 0 Å². The number of aromatic nitrogens is 1. The van der Waals surface area contributed by atoms with Gasteiger partial charge in [0.1, 0.15) is 0 Å². The Bertz CT molecular complexity index is 351. The lowest BCUT2D eigenvalue weighted by Gasteiger charge is -2.07. The predicted molar refractivity (Wildman–Crippen MR) is 48.6 cm³/mol. The SMILES string of the molecule is NNc1nc(NC2CC2)c(F)cc1F. The molecule has 6 heteroatoms. The van der Waals surface area contributed by atoms with E-state index in [1.165, 1.54) is 0 Å². The van der Waals surface area contributed by atoms with Crippen molar-refractivity contribution >= 4 is 11.6 Å². The number of hydrogen-bond acceptors (Lipinski definition) is 4.